The second-order valence-corrected chi connectivity index (χ2v) is 1.92. The van der Waals surface area contributed by atoms with Crippen LogP contribution in [0.25, 0.3) is 0 Å². The number of nitrogens with zero attached hydrogens (tertiary/aromatic N) is 2. The van der Waals surface area contributed by atoms with E-state index in [4.69, 9.17) is 5.48 Å². The molecule has 1 saturated heterocycles. The number of rotatable bonds is 1. The number of piperidine rings is 1. The van der Waals surface area contributed by atoms with Crippen molar-refractivity contribution in [2.75, 3.05) is 13.0 Å². The van der Waals surface area contributed by atoms with E-state index in [0.29, 0.717) is 0 Å². The fraction of sp³-hybridized carbons (Fsp3) is 1.00. The molecular formula is C5H8F2N2O. The Hall–Kier alpha value is -0.740. The van der Waals surface area contributed by atoms with Crippen molar-refractivity contribution in [3.8, 4) is 0 Å². The SMILES string of the molecule is [2H]C1([2H])CC(F)(F)CC([2H])([2H])N1N=O. The number of hydrogen-bond donors (Lipinski definition) is 0. The quantitative estimate of drug-likeness (QED) is 0.535. The number of alkyl halides is 2. The highest BCUT2D eigenvalue weighted by atomic mass is 19.3. The Balaban J connectivity index is 3.05. The summed E-state index contributed by atoms with van der Waals surface area (Å²) >= 11 is 0. The van der Waals surface area contributed by atoms with E-state index in [9.17, 15) is 13.7 Å². The van der Waals surface area contributed by atoms with Crippen LogP contribution in [0.5, 0.6) is 0 Å². The zero-order chi connectivity index (χ0) is 11.2. The highest BCUT2D eigenvalue weighted by Gasteiger charge is 2.33. The number of hydrogen-bond acceptors (Lipinski definition) is 2. The lowest BCUT2D eigenvalue weighted by Crippen LogP contribution is -2.35. The first-order valence-corrected chi connectivity index (χ1v) is 2.62. The van der Waals surface area contributed by atoms with Crippen LogP contribution in [-0.2, 0) is 0 Å². The smallest absolute Gasteiger partial charge is 0.251 e. The Bertz CT molecular complexity index is 240. The zero-order valence-electron chi connectivity index (χ0n) is 8.97. The van der Waals surface area contributed by atoms with Crippen molar-refractivity contribution in [3.05, 3.63) is 4.91 Å². The molecule has 3 nitrogen and oxygen atoms in total. The van der Waals surface area contributed by atoms with Gasteiger partial charge in [0.15, 0.2) is 0 Å². The van der Waals surface area contributed by atoms with E-state index >= 15 is 0 Å². The second-order valence-electron chi connectivity index (χ2n) is 1.92. The Morgan fingerprint density at radius 3 is 2.40 bits per heavy atom. The molecule has 0 bridgehead atoms. The van der Waals surface area contributed by atoms with Gasteiger partial charge in [0.05, 0.1) is 10.8 Å². The Morgan fingerprint density at radius 2 is 2.00 bits per heavy atom. The lowest BCUT2D eigenvalue weighted by molar-refractivity contribution is -0.0551. The summed E-state index contributed by atoms with van der Waals surface area (Å²) in [5, 5.41) is 2.03. The molecule has 5 heteroatoms. The monoisotopic (exact) mass is 154 g/mol. The molecule has 1 aliphatic rings. The van der Waals surface area contributed by atoms with E-state index in [1.54, 1.807) is 0 Å². The van der Waals surface area contributed by atoms with Crippen molar-refractivity contribution in [2.24, 2.45) is 5.29 Å². The highest BCUT2D eigenvalue weighted by molar-refractivity contribution is 4.75. The first-order valence-electron chi connectivity index (χ1n) is 4.62. The molecule has 0 aliphatic carbocycles. The van der Waals surface area contributed by atoms with Gasteiger partial charge >= 0.3 is 0 Å². The van der Waals surface area contributed by atoms with Crippen LogP contribution in [0, 0.1) is 4.91 Å². The molecule has 0 unspecified atom stereocenters. The van der Waals surface area contributed by atoms with Crippen LogP contribution in [0.2, 0.25) is 0 Å². The van der Waals surface area contributed by atoms with Gasteiger partial charge in [-0.3, -0.25) is 5.01 Å². The molecule has 10 heavy (non-hydrogen) atoms. The Morgan fingerprint density at radius 1 is 1.50 bits per heavy atom. The molecule has 0 saturated carbocycles. The summed E-state index contributed by atoms with van der Waals surface area (Å²) in [7, 11) is 0. The van der Waals surface area contributed by atoms with Gasteiger partial charge in [0.25, 0.3) is 5.92 Å². The lowest BCUT2D eigenvalue weighted by atomic mass is 10.1. The maximum atomic E-state index is 12.9. The average molecular weight is 154 g/mol. The summed E-state index contributed by atoms with van der Waals surface area (Å²) in [6.07, 6.45) is -2.46. The summed E-state index contributed by atoms with van der Waals surface area (Å²) < 4.78 is 54.0. The molecule has 58 valence electrons. The Labute approximate surface area is 62.6 Å². The van der Waals surface area contributed by atoms with Gasteiger partial charge in [0.1, 0.15) is 0 Å². The molecule has 0 aromatic heterocycles. The largest absolute Gasteiger partial charge is 0.260 e. The second kappa shape index (κ2) is 2.48. The highest BCUT2D eigenvalue weighted by Crippen LogP contribution is 2.27. The van der Waals surface area contributed by atoms with Gasteiger partial charge in [-0.1, -0.05) is 0 Å². The minimum absolute atomic E-state index is 0.0859. The molecule has 1 heterocycles. The number of halogens is 2. The minimum atomic E-state index is -3.46. The lowest BCUT2D eigenvalue weighted by Gasteiger charge is -2.26. The molecule has 1 aliphatic heterocycles. The summed E-state index contributed by atoms with van der Waals surface area (Å²) in [6, 6.07) is 0. The molecule has 0 spiro atoms. The molecule has 1 rings (SSSR count). The molecule has 0 N–H and O–H groups in total. The predicted molar refractivity (Wildman–Crippen MR) is 31.5 cm³/mol. The van der Waals surface area contributed by atoms with Crippen molar-refractivity contribution in [1.29, 1.82) is 0 Å². The normalized spacial score (nSPS) is 40.4. The first-order chi connectivity index (χ1) is 6.11. The third-order valence-electron chi connectivity index (χ3n) is 1.06. The third kappa shape index (κ3) is 1.62. The summed E-state index contributed by atoms with van der Waals surface area (Å²) in [5.74, 6) is -3.46. The predicted octanol–water partition coefficient (Wildman–Crippen LogP) is 1.40. The molecule has 0 aromatic carbocycles. The summed E-state index contributed by atoms with van der Waals surface area (Å²) in [5.41, 5.74) is 0. The van der Waals surface area contributed by atoms with Gasteiger partial charge < -0.3 is 0 Å². The van der Waals surface area contributed by atoms with Gasteiger partial charge in [0.2, 0.25) is 0 Å². The van der Waals surface area contributed by atoms with Crippen molar-refractivity contribution in [2.45, 2.75) is 18.8 Å². The van der Waals surface area contributed by atoms with Crippen LogP contribution in [0.1, 0.15) is 18.3 Å². The maximum absolute atomic E-state index is 12.9. The van der Waals surface area contributed by atoms with E-state index in [2.05, 4.69) is 5.29 Å². The van der Waals surface area contributed by atoms with Gasteiger partial charge in [-0.15, -0.1) is 4.91 Å². The van der Waals surface area contributed by atoms with Gasteiger partial charge in [-0.25, -0.2) is 8.78 Å². The van der Waals surface area contributed by atoms with E-state index in [0.717, 1.165) is 0 Å². The van der Waals surface area contributed by atoms with E-state index in [1.165, 1.54) is 0 Å². The fourth-order valence-corrected chi connectivity index (χ4v) is 0.557. The van der Waals surface area contributed by atoms with Gasteiger partial charge in [-0.05, 0) is 0 Å². The third-order valence-corrected chi connectivity index (χ3v) is 1.06. The first kappa shape index (κ1) is 3.59. The van der Waals surface area contributed by atoms with Crippen LogP contribution in [0.3, 0.4) is 0 Å². The molecule has 1 fully saturated rings. The summed E-state index contributed by atoms with van der Waals surface area (Å²) in [4.78, 5) is 10.2. The zero-order valence-corrected chi connectivity index (χ0v) is 4.97. The van der Waals surface area contributed by atoms with Crippen molar-refractivity contribution in [1.82, 2.24) is 5.01 Å². The molecular weight excluding hydrogens is 142 g/mol. The molecule has 0 radical (unpaired) electrons. The maximum Gasteiger partial charge on any atom is 0.251 e. The van der Waals surface area contributed by atoms with Crippen LogP contribution in [0.4, 0.5) is 8.78 Å². The molecule has 0 amide bonds. The summed E-state index contributed by atoms with van der Waals surface area (Å²) in [6.45, 7) is -5.51. The van der Waals surface area contributed by atoms with Gasteiger partial charge in [-0.2, -0.15) is 0 Å². The van der Waals surface area contributed by atoms with E-state index in [-0.39, 0.29) is 5.01 Å². The topological polar surface area (TPSA) is 32.7 Å². The van der Waals surface area contributed by atoms with Gasteiger partial charge in [0, 0.05) is 25.8 Å². The van der Waals surface area contributed by atoms with Crippen LogP contribution in [-0.4, -0.2) is 23.9 Å². The van der Waals surface area contributed by atoms with E-state index < -0.39 is 31.8 Å². The minimum Gasteiger partial charge on any atom is -0.260 e. The molecule has 0 aromatic rings. The Kier molecular flexibility index (Phi) is 0.890. The average Bonchev–Trinajstić information content (AvgIpc) is 1.76. The van der Waals surface area contributed by atoms with Crippen LogP contribution >= 0.6 is 0 Å². The van der Waals surface area contributed by atoms with E-state index in [1.807, 2.05) is 0 Å². The standard InChI is InChI=1S/C5H8F2N2O/c6-5(7)1-3-9(8-10)4-2-5/h1-4H2/i3D2,4D2. The number of nitroso groups, excluding NO2 is 1. The van der Waals surface area contributed by atoms with Crippen molar-refractivity contribution >= 4 is 0 Å². The van der Waals surface area contributed by atoms with Crippen molar-refractivity contribution in [3.63, 3.8) is 0 Å². The van der Waals surface area contributed by atoms with Crippen molar-refractivity contribution < 1.29 is 14.3 Å². The van der Waals surface area contributed by atoms with Crippen LogP contribution < -0.4 is 0 Å². The van der Waals surface area contributed by atoms with Crippen LogP contribution in [0.15, 0.2) is 5.29 Å². The molecule has 0 atom stereocenters. The fourth-order valence-electron chi connectivity index (χ4n) is 0.557.